The van der Waals surface area contributed by atoms with Crippen molar-refractivity contribution in [3.05, 3.63) is 29.8 Å². The van der Waals surface area contributed by atoms with Gasteiger partial charge >= 0.3 is 12.1 Å². The number of carbonyl (C=O) groups is 2. The van der Waals surface area contributed by atoms with Gasteiger partial charge in [0, 0.05) is 0 Å². The number of ether oxygens (including phenoxy) is 2. The van der Waals surface area contributed by atoms with Gasteiger partial charge in [0.15, 0.2) is 0 Å². The fourth-order valence-corrected chi connectivity index (χ4v) is 0.969. The number of carbonyl (C=O) groups excluding carboxylic acids is 1. The minimum absolute atomic E-state index is 0.0246. The van der Waals surface area contributed by atoms with Crippen LogP contribution < -0.4 is 4.74 Å². The van der Waals surface area contributed by atoms with Crippen LogP contribution in [0.5, 0.6) is 5.75 Å². The van der Waals surface area contributed by atoms with Crippen molar-refractivity contribution in [2.75, 3.05) is 6.61 Å². The Balaban J connectivity index is 0.00000121. The van der Waals surface area contributed by atoms with E-state index < -0.39 is 12.1 Å². The lowest BCUT2D eigenvalue weighted by Gasteiger charge is -2.06. The van der Waals surface area contributed by atoms with Gasteiger partial charge in [0.05, 0.1) is 6.61 Å². The number of carboxylic acids is 1. The minimum Gasteiger partial charge on any atom is -0.478 e. The number of hydrogen-bond acceptors (Lipinski definition) is 4. The van der Waals surface area contributed by atoms with Gasteiger partial charge in [0.25, 0.3) is 0 Å². The number of carboxylic acid groups (broad SMARTS) is 1. The Morgan fingerprint density at radius 1 is 1.24 bits per heavy atom. The Morgan fingerprint density at radius 3 is 2.35 bits per heavy atom. The van der Waals surface area contributed by atoms with Gasteiger partial charge in [-0.15, -0.1) is 0 Å². The Kier molecular flexibility index (Phi) is 7.17. The molecular formula is C12H16O5. The summed E-state index contributed by atoms with van der Waals surface area (Å²) in [5.74, 6) is -1.18. The number of hydrogen-bond donors (Lipinski definition) is 1. The van der Waals surface area contributed by atoms with Crippen molar-refractivity contribution in [3.8, 4) is 5.75 Å². The zero-order valence-corrected chi connectivity index (χ0v) is 10.1. The molecule has 0 atom stereocenters. The Bertz CT molecular complexity index is 373. The van der Waals surface area contributed by atoms with E-state index in [4.69, 9.17) is 9.84 Å². The SMILES string of the molecule is CC.CCOC(=O)Oc1ccccc1C(=O)O. The highest BCUT2D eigenvalue weighted by molar-refractivity contribution is 5.91. The molecule has 0 aliphatic rings. The third-order valence-corrected chi connectivity index (χ3v) is 1.57. The summed E-state index contributed by atoms with van der Waals surface area (Å²) in [5.41, 5.74) is -0.0782. The van der Waals surface area contributed by atoms with Gasteiger partial charge in [-0.2, -0.15) is 0 Å². The lowest BCUT2D eigenvalue weighted by molar-refractivity contribution is 0.0690. The fraction of sp³-hybridized carbons (Fsp3) is 0.333. The van der Waals surface area contributed by atoms with Crippen molar-refractivity contribution in [3.63, 3.8) is 0 Å². The monoisotopic (exact) mass is 240 g/mol. The molecule has 17 heavy (non-hydrogen) atoms. The molecule has 0 saturated heterocycles. The molecule has 0 spiro atoms. The van der Waals surface area contributed by atoms with E-state index in [0.717, 1.165) is 0 Å². The number of rotatable bonds is 3. The van der Waals surface area contributed by atoms with E-state index in [1.807, 2.05) is 13.8 Å². The molecule has 0 aliphatic carbocycles. The first-order chi connectivity index (χ1) is 8.15. The summed E-state index contributed by atoms with van der Waals surface area (Å²) in [6.07, 6.45) is -0.911. The molecular weight excluding hydrogens is 224 g/mol. The molecule has 1 aromatic carbocycles. The van der Waals surface area contributed by atoms with Crippen LogP contribution >= 0.6 is 0 Å². The van der Waals surface area contributed by atoms with Gasteiger partial charge < -0.3 is 14.6 Å². The van der Waals surface area contributed by atoms with Crippen molar-refractivity contribution >= 4 is 12.1 Å². The van der Waals surface area contributed by atoms with Crippen LogP contribution in [-0.2, 0) is 4.74 Å². The zero-order chi connectivity index (χ0) is 13.3. The molecule has 5 nitrogen and oxygen atoms in total. The first-order valence-electron chi connectivity index (χ1n) is 5.32. The zero-order valence-electron chi connectivity index (χ0n) is 10.1. The molecule has 0 fully saturated rings. The summed E-state index contributed by atoms with van der Waals surface area (Å²) in [6, 6.07) is 5.85. The molecule has 1 rings (SSSR count). The maximum atomic E-state index is 10.9. The highest BCUT2D eigenvalue weighted by atomic mass is 16.7. The van der Waals surface area contributed by atoms with Gasteiger partial charge in [0.2, 0.25) is 0 Å². The summed E-state index contributed by atoms with van der Waals surface area (Å²) in [5, 5.41) is 8.78. The average Bonchev–Trinajstić information content (AvgIpc) is 2.32. The minimum atomic E-state index is -1.16. The van der Waals surface area contributed by atoms with Crippen LogP contribution in [0, 0.1) is 0 Å². The molecule has 5 heteroatoms. The van der Waals surface area contributed by atoms with Crippen molar-refractivity contribution < 1.29 is 24.2 Å². The van der Waals surface area contributed by atoms with Crippen LogP contribution in [0.2, 0.25) is 0 Å². The molecule has 1 aromatic rings. The van der Waals surface area contributed by atoms with Crippen LogP contribution in [0.25, 0.3) is 0 Å². The third-order valence-electron chi connectivity index (χ3n) is 1.57. The molecule has 0 saturated carbocycles. The summed E-state index contributed by atoms with van der Waals surface area (Å²) in [6.45, 7) is 5.80. The van der Waals surface area contributed by atoms with Gasteiger partial charge in [-0.1, -0.05) is 26.0 Å². The van der Waals surface area contributed by atoms with Crippen LogP contribution in [0.4, 0.5) is 4.79 Å². The van der Waals surface area contributed by atoms with Gasteiger partial charge in [-0.25, -0.2) is 9.59 Å². The van der Waals surface area contributed by atoms with Crippen LogP contribution in [0.15, 0.2) is 24.3 Å². The third kappa shape index (κ3) is 5.01. The second-order valence-electron chi connectivity index (χ2n) is 2.59. The van der Waals surface area contributed by atoms with Crippen molar-refractivity contribution in [1.82, 2.24) is 0 Å². The van der Waals surface area contributed by atoms with Gasteiger partial charge in [-0.3, -0.25) is 0 Å². The van der Waals surface area contributed by atoms with E-state index in [9.17, 15) is 9.59 Å². The maximum Gasteiger partial charge on any atom is 0.513 e. The highest BCUT2D eigenvalue weighted by Gasteiger charge is 2.13. The first kappa shape index (κ1) is 15.0. The lowest BCUT2D eigenvalue weighted by atomic mass is 10.2. The standard InChI is InChI=1S/C10H10O5.C2H6/c1-2-14-10(13)15-8-6-4-3-5-7(8)9(11)12;1-2/h3-6H,2H2,1H3,(H,11,12);1-2H3. The van der Waals surface area contributed by atoms with Crippen molar-refractivity contribution in [2.45, 2.75) is 20.8 Å². The number of aromatic carboxylic acids is 1. The highest BCUT2D eigenvalue weighted by Crippen LogP contribution is 2.18. The van der Waals surface area contributed by atoms with Crippen molar-refractivity contribution in [1.29, 1.82) is 0 Å². The molecule has 1 N–H and O–H groups in total. The summed E-state index contributed by atoms with van der Waals surface area (Å²) < 4.78 is 9.23. The molecule has 0 aliphatic heterocycles. The van der Waals surface area contributed by atoms with Crippen LogP contribution in [-0.4, -0.2) is 23.8 Å². The molecule has 0 unspecified atom stereocenters. The van der Waals surface area contributed by atoms with E-state index in [1.54, 1.807) is 19.1 Å². The van der Waals surface area contributed by atoms with E-state index in [0.29, 0.717) is 0 Å². The van der Waals surface area contributed by atoms with E-state index in [1.165, 1.54) is 12.1 Å². The normalized spacial score (nSPS) is 8.65. The average molecular weight is 240 g/mol. The fourth-order valence-electron chi connectivity index (χ4n) is 0.969. The second kappa shape index (κ2) is 8.15. The van der Waals surface area contributed by atoms with Gasteiger partial charge in [0.1, 0.15) is 11.3 Å². The van der Waals surface area contributed by atoms with Crippen molar-refractivity contribution in [2.24, 2.45) is 0 Å². The molecule has 0 radical (unpaired) electrons. The first-order valence-corrected chi connectivity index (χ1v) is 5.32. The smallest absolute Gasteiger partial charge is 0.478 e. The number of benzene rings is 1. The maximum absolute atomic E-state index is 10.9. The topological polar surface area (TPSA) is 72.8 Å². The Labute approximate surface area is 100.0 Å². The molecule has 0 bridgehead atoms. The predicted octanol–water partition coefficient (Wildman–Crippen LogP) is 2.95. The molecule has 94 valence electrons. The van der Waals surface area contributed by atoms with Gasteiger partial charge in [-0.05, 0) is 19.1 Å². The number of para-hydroxylation sites is 1. The molecule has 0 heterocycles. The molecule has 0 aromatic heterocycles. The predicted molar refractivity (Wildman–Crippen MR) is 62.4 cm³/mol. The summed E-state index contributed by atoms with van der Waals surface area (Å²) in [4.78, 5) is 21.7. The van der Waals surface area contributed by atoms with E-state index in [2.05, 4.69) is 4.74 Å². The lowest BCUT2D eigenvalue weighted by Crippen LogP contribution is -2.12. The largest absolute Gasteiger partial charge is 0.513 e. The van der Waals surface area contributed by atoms with E-state index in [-0.39, 0.29) is 17.9 Å². The molecule has 0 amide bonds. The Hall–Kier alpha value is -2.04. The second-order valence-corrected chi connectivity index (χ2v) is 2.59. The van der Waals surface area contributed by atoms with E-state index >= 15 is 0 Å². The quantitative estimate of drug-likeness (QED) is 0.649. The van der Waals surface area contributed by atoms with Crippen LogP contribution in [0.3, 0.4) is 0 Å². The van der Waals surface area contributed by atoms with Crippen LogP contribution in [0.1, 0.15) is 31.1 Å². The Morgan fingerprint density at radius 2 is 1.82 bits per heavy atom. The summed E-state index contributed by atoms with van der Waals surface area (Å²) >= 11 is 0. The summed E-state index contributed by atoms with van der Waals surface area (Å²) in [7, 11) is 0.